The molecule has 3 nitrogen and oxygen atoms in total. The molecule has 0 N–H and O–H groups in total. The highest BCUT2D eigenvalue weighted by atomic mass is 16.1. The van der Waals surface area contributed by atoms with Gasteiger partial charge in [-0.3, -0.25) is 9.78 Å². The number of aromatic nitrogens is 2. The van der Waals surface area contributed by atoms with E-state index < -0.39 is 0 Å². The lowest BCUT2D eigenvalue weighted by Crippen LogP contribution is -2.37. The van der Waals surface area contributed by atoms with Crippen molar-refractivity contribution >= 4 is 5.78 Å². The van der Waals surface area contributed by atoms with Crippen molar-refractivity contribution in [2.24, 2.45) is 0 Å². The molecule has 2 aromatic carbocycles. The van der Waals surface area contributed by atoms with Crippen molar-refractivity contribution in [2.75, 3.05) is 0 Å². The first-order chi connectivity index (χ1) is 10.3. The number of hydrogen-bond donors (Lipinski definition) is 0. The number of benzene rings is 2. The average molecular weight is 275 g/mol. The van der Waals surface area contributed by atoms with Crippen molar-refractivity contribution in [1.82, 2.24) is 4.98 Å². The van der Waals surface area contributed by atoms with Crippen LogP contribution in [0.1, 0.15) is 10.4 Å². The minimum atomic E-state index is 0.0887. The summed E-state index contributed by atoms with van der Waals surface area (Å²) in [5.74, 6) is 0.0887. The van der Waals surface area contributed by atoms with Gasteiger partial charge in [0.2, 0.25) is 12.3 Å². The van der Waals surface area contributed by atoms with Gasteiger partial charge < -0.3 is 0 Å². The molecule has 0 aliphatic rings. The standard InChI is InChI=1S/C18H15N2O/c21-18(14-20-12-10-19-11-13-20)17-8-6-16(7-9-17)15-4-2-1-3-5-15/h1-13H,14H2/q+1. The van der Waals surface area contributed by atoms with Crippen LogP contribution in [0.5, 0.6) is 0 Å². The van der Waals surface area contributed by atoms with Crippen LogP contribution in [-0.4, -0.2) is 10.8 Å². The quantitative estimate of drug-likeness (QED) is 0.542. The van der Waals surface area contributed by atoms with Gasteiger partial charge in [-0.05, 0) is 11.1 Å². The average Bonchev–Trinajstić information content (AvgIpc) is 2.57. The number of carbonyl (C=O) groups is 1. The first-order valence-corrected chi connectivity index (χ1v) is 6.81. The maximum absolute atomic E-state index is 12.2. The van der Waals surface area contributed by atoms with Crippen LogP contribution >= 0.6 is 0 Å². The Kier molecular flexibility index (Phi) is 3.83. The second-order valence-electron chi connectivity index (χ2n) is 4.78. The molecule has 102 valence electrons. The van der Waals surface area contributed by atoms with Gasteiger partial charge >= 0.3 is 0 Å². The van der Waals surface area contributed by atoms with E-state index in [0.29, 0.717) is 6.54 Å². The Hall–Kier alpha value is -2.81. The number of ketones is 1. The minimum Gasteiger partial charge on any atom is -0.287 e. The van der Waals surface area contributed by atoms with Crippen LogP contribution in [0.15, 0.2) is 79.4 Å². The SMILES string of the molecule is O=C(C[n+]1ccncc1)c1ccc(-c2ccccc2)cc1. The van der Waals surface area contributed by atoms with E-state index >= 15 is 0 Å². The van der Waals surface area contributed by atoms with Crippen molar-refractivity contribution in [1.29, 1.82) is 0 Å². The predicted octanol–water partition coefficient (Wildman–Crippen LogP) is 2.92. The van der Waals surface area contributed by atoms with Crippen molar-refractivity contribution in [3.63, 3.8) is 0 Å². The van der Waals surface area contributed by atoms with E-state index in [9.17, 15) is 4.79 Å². The zero-order chi connectivity index (χ0) is 14.5. The Balaban J connectivity index is 1.77. The second kappa shape index (κ2) is 6.09. The van der Waals surface area contributed by atoms with Gasteiger partial charge in [-0.1, -0.05) is 54.6 Å². The number of nitrogens with zero attached hydrogens (tertiary/aromatic N) is 2. The predicted molar refractivity (Wildman–Crippen MR) is 80.6 cm³/mol. The van der Waals surface area contributed by atoms with Crippen molar-refractivity contribution in [3.05, 3.63) is 84.9 Å². The molecule has 21 heavy (non-hydrogen) atoms. The number of carbonyl (C=O) groups excluding carboxylic acids is 1. The third-order valence-electron chi connectivity index (χ3n) is 3.33. The second-order valence-corrected chi connectivity index (χ2v) is 4.78. The maximum atomic E-state index is 12.2. The molecular formula is C18H15N2O+. The number of Topliss-reactive ketones (excluding diaryl/α,β-unsaturated/α-hetero) is 1. The highest BCUT2D eigenvalue weighted by Gasteiger charge is 2.11. The molecule has 1 aromatic heterocycles. The summed E-state index contributed by atoms with van der Waals surface area (Å²) >= 11 is 0. The Morgan fingerprint density at radius 3 is 2.14 bits per heavy atom. The summed E-state index contributed by atoms with van der Waals surface area (Å²) in [6.07, 6.45) is 6.92. The Morgan fingerprint density at radius 1 is 0.857 bits per heavy atom. The van der Waals surface area contributed by atoms with Gasteiger partial charge in [0.05, 0.1) is 12.4 Å². The fourth-order valence-corrected chi connectivity index (χ4v) is 2.19. The topological polar surface area (TPSA) is 33.8 Å². The lowest BCUT2D eigenvalue weighted by molar-refractivity contribution is -0.683. The van der Waals surface area contributed by atoms with Crippen molar-refractivity contribution < 1.29 is 9.36 Å². The van der Waals surface area contributed by atoms with Crippen LogP contribution in [-0.2, 0) is 6.54 Å². The molecule has 0 saturated carbocycles. The van der Waals surface area contributed by atoms with E-state index in [0.717, 1.165) is 16.7 Å². The zero-order valence-corrected chi connectivity index (χ0v) is 11.5. The molecule has 3 aromatic rings. The minimum absolute atomic E-state index is 0.0887. The van der Waals surface area contributed by atoms with E-state index in [1.807, 2.05) is 47.0 Å². The molecule has 0 saturated heterocycles. The molecule has 3 rings (SSSR count). The molecule has 0 amide bonds. The molecule has 0 aliphatic heterocycles. The van der Waals surface area contributed by atoms with Crippen molar-refractivity contribution in [3.8, 4) is 11.1 Å². The molecular weight excluding hydrogens is 260 g/mol. The monoisotopic (exact) mass is 275 g/mol. The summed E-state index contributed by atoms with van der Waals surface area (Å²) < 4.78 is 1.82. The van der Waals surface area contributed by atoms with E-state index in [-0.39, 0.29) is 5.78 Å². The van der Waals surface area contributed by atoms with Gasteiger partial charge in [-0.15, -0.1) is 0 Å². The molecule has 3 heteroatoms. The Labute approximate surface area is 123 Å². The molecule has 0 unspecified atom stereocenters. The first-order valence-electron chi connectivity index (χ1n) is 6.81. The van der Waals surface area contributed by atoms with Crippen LogP contribution in [0.25, 0.3) is 11.1 Å². The summed E-state index contributed by atoms with van der Waals surface area (Å²) in [5, 5.41) is 0. The molecule has 0 radical (unpaired) electrons. The van der Waals surface area contributed by atoms with E-state index in [2.05, 4.69) is 17.1 Å². The van der Waals surface area contributed by atoms with Gasteiger partial charge in [0.25, 0.3) is 0 Å². The summed E-state index contributed by atoms with van der Waals surface area (Å²) in [6, 6.07) is 17.9. The fraction of sp³-hybridized carbons (Fsp3) is 0.0556. The summed E-state index contributed by atoms with van der Waals surface area (Å²) in [5.41, 5.74) is 2.99. The Morgan fingerprint density at radius 2 is 1.48 bits per heavy atom. The highest BCUT2D eigenvalue weighted by molar-refractivity contribution is 5.95. The number of rotatable bonds is 4. The summed E-state index contributed by atoms with van der Waals surface area (Å²) in [4.78, 5) is 16.2. The third-order valence-corrected chi connectivity index (χ3v) is 3.33. The maximum Gasteiger partial charge on any atom is 0.227 e. The van der Waals surface area contributed by atoms with E-state index in [4.69, 9.17) is 0 Å². The van der Waals surface area contributed by atoms with Crippen LogP contribution in [0.2, 0.25) is 0 Å². The van der Waals surface area contributed by atoms with Gasteiger partial charge in [-0.2, -0.15) is 4.57 Å². The largest absolute Gasteiger partial charge is 0.287 e. The zero-order valence-electron chi connectivity index (χ0n) is 11.5. The van der Waals surface area contributed by atoms with Crippen LogP contribution in [0.3, 0.4) is 0 Å². The van der Waals surface area contributed by atoms with E-state index in [1.54, 1.807) is 24.8 Å². The fourth-order valence-electron chi connectivity index (χ4n) is 2.19. The normalized spacial score (nSPS) is 10.3. The first kappa shape index (κ1) is 13.2. The molecule has 1 heterocycles. The van der Waals surface area contributed by atoms with Crippen LogP contribution in [0, 0.1) is 0 Å². The van der Waals surface area contributed by atoms with Gasteiger partial charge in [0, 0.05) is 5.56 Å². The van der Waals surface area contributed by atoms with Crippen molar-refractivity contribution in [2.45, 2.75) is 6.54 Å². The van der Waals surface area contributed by atoms with Crippen LogP contribution in [0.4, 0.5) is 0 Å². The number of hydrogen-bond acceptors (Lipinski definition) is 2. The summed E-state index contributed by atoms with van der Waals surface area (Å²) in [7, 11) is 0. The van der Waals surface area contributed by atoms with Crippen LogP contribution < -0.4 is 4.57 Å². The molecule has 0 atom stereocenters. The molecule has 0 aliphatic carbocycles. The lowest BCUT2D eigenvalue weighted by Gasteiger charge is -2.03. The van der Waals surface area contributed by atoms with Gasteiger partial charge in [0.15, 0.2) is 12.4 Å². The van der Waals surface area contributed by atoms with Gasteiger partial charge in [0.1, 0.15) is 0 Å². The molecule has 0 bridgehead atoms. The third kappa shape index (κ3) is 3.20. The Bertz CT molecular complexity index is 722. The summed E-state index contributed by atoms with van der Waals surface area (Å²) in [6.45, 7) is 0.327. The molecule has 0 spiro atoms. The highest BCUT2D eigenvalue weighted by Crippen LogP contribution is 2.19. The molecule has 0 fully saturated rings. The van der Waals surface area contributed by atoms with Gasteiger partial charge in [-0.25, -0.2) is 0 Å². The van der Waals surface area contributed by atoms with E-state index in [1.165, 1.54) is 0 Å². The smallest absolute Gasteiger partial charge is 0.227 e. The lowest BCUT2D eigenvalue weighted by atomic mass is 10.0.